The Labute approximate surface area is 124 Å². The number of nitrogen functional groups attached to an aromatic ring is 1. The van der Waals surface area contributed by atoms with Crippen LogP contribution in [0.4, 0.5) is 11.4 Å². The van der Waals surface area contributed by atoms with E-state index in [2.05, 4.69) is 9.80 Å². The molecule has 2 heterocycles. The molecule has 21 heavy (non-hydrogen) atoms. The Morgan fingerprint density at radius 1 is 1.05 bits per heavy atom. The predicted octanol–water partition coefficient (Wildman–Crippen LogP) is -0.440. The van der Waals surface area contributed by atoms with Crippen molar-refractivity contribution >= 4 is 11.4 Å². The second-order valence-electron chi connectivity index (χ2n) is 6.06. The van der Waals surface area contributed by atoms with Crippen LogP contribution in [0.1, 0.15) is 12.8 Å². The first-order valence-electron chi connectivity index (χ1n) is 7.54. The molecule has 2 fully saturated rings. The second-order valence-corrected chi connectivity index (χ2v) is 6.06. The molecule has 2 aliphatic heterocycles. The first-order valence-corrected chi connectivity index (χ1v) is 7.54. The third-order valence-electron chi connectivity index (χ3n) is 4.72. The molecule has 1 aromatic carbocycles. The van der Waals surface area contributed by atoms with Gasteiger partial charge in [0.2, 0.25) is 0 Å². The molecule has 3 atom stereocenters. The highest BCUT2D eigenvalue weighted by atomic mass is 16.3. The van der Waals surface area contributed by atoms with Gasteiger partial charge in [-0.25, -0.2) is 0 Å². The highest BCUT2D eigenvalue weighted by Crippen LogP contribution is 2.27. The van der Waals surface area contributed by atoms with Crippen LogP contribution in [0.5, 0.6) is 0 Å². The fraction of sp³-hybridized carbons (Fsp3) is 0.600. The smallest absolute Gasteiger partial charge is 0.110 e. The molecule has 0 amide bonds. The van der Waals surface area contributed by atoms with E-state index in [0.29, 0.717) is 12.6 Å². The van der Waals surface area contributed by atoms with Crippen LogP contribution in [0.3, 0.4) is 0 Å². The molecule has 6 N–H and O–H groups in total. The van der Waals surface area contributed by atoms with Crippen molar-refractivity contribution in [3.63, 3.8) is 0 Å². The Bertz CT molecular complexity index is 473. The number of hydrogen-bond donors (Lipinski definition) is 4. The lowest BCUT2D eigenvalue weighted by atomic mass is 10.0. The van der Waals surface area contributed by atoms with Crippen molar-refractivity contribution in [2.45, 2.75) is 37.3 Å². The lowest BCUT2D eigenvalue weighted by Crippen LogP contribution is -2.51. The largest absolute Gasteiger partial charge is 0.399 e. The van der Waals surface area contributed by atoms with E-state index in [1.807, 2.05) is 24.3 Å². The summed E-state index contributed by atoms with van der Waals surface area (Å²) >= 11 is 0. The highest BCUT2D eigenvalue weighted by Gasteiger charge is 2.41. The number of hydrogen-bond acceptors (Lipinski definition) is 6. The van der Waals surface area contributed by atoms with Crippen LogP contribution in [0.25, 0.3) is 0 Å². The van der Waals surface area contributed by atoms with Gasteiger partial charge in [-0.2, -0.15) is 0 Å². The molecule has 2 aliphatic rings. The Hall–Kier alpha value is -1.34. The van der Waals surface area contributed by atoms with Gasteiger partial charge in [-0.15, -0.1) is 0 Å². The van der Waals surface area contributed by atoms with E-state index in [4.69, 9.17) is 11.5 Å². The van der Waals surface area contributed by atoms with E-state index in [1.54, 1.807) is 0 Å². The lowest BCUT2D eigenvalue weighted by molar-refractivity contribution is 0.0364. The molecule has 1 aromatic rings. The van der Waals surface area contributed by atoms with Crippen molar-refractivity contribution in [2.75, 3.05) is 30.3 Å². The minimum absolute atomic E-state index is 0.330. The van der Waals surface area contributed by atoms with Crippen molar-refractivity contribution in [2.24, 2.45) is 5.73 Å². The predicted molar refractivity (Wildman–Crippen MR) is 82.8 cm³/mol. The number of β-amino-alcohol motifs (C(OH)–C–C–N with tert-alkyl or cyclic N) is 1. The molecular weight excluding hydrogens is 268 g/mol. The fourth-order valence-electron chi connectivity index (χ4n) is 3.40. The maximum Gasteiger partial charge on any atom is 0.110 e. The second kappa shape index (κ2) is 5.81. The van der Waals surface area contributed by atoms with Gasteiger partial charge in [0.25, 0.3) is 0 Å². The van der Waals surface area contributed by atoms with Crippen molar-refractivity contribution in [3.8, 4) is 0 Å². The van der Waals surface area contributed by atoms with Gasteiger partial charge in [0, 0.05) is 37.1 Å². The first-order chi connectivity index (χ1) is 10.1. The summed E-state index contributed by atoms with van der Waals surface area (Å²) < 4.78 is 0. The van der Waals surface area contributed by atoms with Crippen molar-refractivity contribution in [1.82, 2.24) is 4.90 Å². The van der Waals surface area contributed by atoms with Crippen LogP contribution in [0.2, 0.25) is 0 Å². The zero-order valence-electron chi connectivity index (χ0n) is 12.1. The summed E-state index contributed by atoms with van der Waals surface area (Å²) in [7, 11) is 0. The van der Waals surface area contributed by atoms with Gasteiger partial charge in [0.1, 0.15) is 6.10 Å². The van der Waals surface area contributed by atoms with Crippen LogP contribution < -0.4 is 16.4 Å². The molecule has 0 aromatic heterocycles. The number of piperidine rings is 1. The molecule has 0 aliphatic carbocycles. The number of aliphatic hydroxyl groups is 2. The van der Waals surface area contributed by atoms with Gasteiger partial charge in [-0.05, 0) is 37.1 Å². The third kappa shape index (κ3) is 2.85. The summed E-state index contributed by atoms with van der Waals surface area (Å²) in [5.41, 5.74) is 13.7. The van der Waals surface area contributed by atoms with E-state index in [9.17, 15) is 10.2 Å². The maximum atomic E-state index is 9.78. The van der Waals surface area contributed by atoms with Crippen LogP contribution >= 0.6 is 0 Å². The van der Waals surface area contributed by atoms with E-state index in [1.165, 1.54) is 5.69 Å². The normalized spacial score (nSPS) is 31.8. The number of likely N-dealkylation sites (tertiary alicyclic amines) is 1. The summed E-state index contributed by atoms with van der Waals surface area (Å²) in [5.74, 6) is 0. The summed E-state index contributed by atoms with van der Waals surface area (Å²) in [5, 5.41) is 19.5. The van der Waals surface area contributed by atoms with Gasteiger partial charge >= 0.3 is 0 Å². The van der Waals surface area contributed by atoms with Gasteiger partial charge in [0.05, 0.1) is 12.3 Å². The summed E-state index contributed by atoms with van der Waals surface area (Å²) in [6.45, 7) is 2.36. The Balaban J connectivity index is 1.59. The number of anilines is 2. The molecule has 3 unspecified atom stereocenters. The summed E-state index contributed by atoms with van der Waals surface area (Å²) in [6, 6.07) is 8.27. The van der Waals surface area contributed by atoms with Gasteiger partial charge in [0.15, 0.2) is 0 Å². The number of aliphatic hydroxyl groups excluding tert-OH is 2. The van der Waals surface area contributed by atoms with Crippen molar-refractivity contribution < 1.29 is 10.2 Å². The number of rotatable bonds is 2. The summed E-state index contributed by atoms with van der Waals surface area (Å²) in [4.78, 5) is 4.39. The first kappa shape index (κ1) is 14.6. The lowest BCUT2D eigenvalue weighted by Gasteiger charge is -2.39. The monoisotopic (exact) mass is 292 g/mol. The molecule has 116 valence electrons. The zero-order valence-corrected chi connectivity index (χ0v) is 12.1. The molecule has 6 heteroatoms. The molecule has 6 nitrogen and oxygen atoms in total. The van der Waals surface area contributed by atoms with Crippen molar-refractivity contribution in [3.05, 3.63) is 24.3 Å². The van der Waals surface area contributed by atoms with E-state index >= 15 is 0 Å². The van der Waals surface area contributed by atoms with Crippen molar-refractivity contribution in [1.29, 1.82) is 0 Å². The fourth-order valence-corrected chi connectivity index (χ4v) is 3.40. The van der Waals surface area contributed by atoms with E-state index in [0.717, 1.165) is 31.6 Å². The Morgan fingerprint density at radius 3 is 2.19 bits per heavy atom. The molecular formula is C15H24N4O2. The SMILES string of the molecule is Nc1ccc(N2CCC(N3CC(O)C(O)C3N)CC2)cc1. The molecule has 3 rings (SSSR count). The Morgan fingerprint density at radius 2 is 1.67 bits per heavy atom. The average molecular weight is 292 g/mol. The molecule has 0 bridgehead atoms. The Kier molecular flexibility index (Phi) is 4.03. The molecule has 0 saturated carbocycles. The van der Waals surface area contributed by atoms with E-state index in [-0.39, 0.29) is 0 Å². The molecule has 0 spiro atoms. The van der Waals surface area contributed by atoms with E-state index < -0.39 is 18.4 Å². The number of nitrogens with two attached hydrogens (primary N) is 2. The van der Waals surface area contributed by atoms with Gasteiger partial charge < -0.3 is 26.6 Å². The zero-order chi connectivity index (χ0) is 15.0. The van der Waals surface area contributed by atoms with Crippen LogP contribution in [0, 0.1) is 0 Å². The average Bonchev–Trinajstić information content (AvgIpc) is 2.76. The minimum atomic E-state index is -0.833. The van der Waals surface area contributed by atoms with Crippen LogP contribution in [-0.4, -0.2) is 59.2 Å². The van der Waals surface area contributed by atoms with Gasteiger partial charge in [-0.3, -0.25) is 4.90 Å². The number of benzene rings is 1. The maximum absolute atomic E-state index is 9.78. The van der Waals surface area contributed by atoms with Gasteiger partial charge in [-0.1, -0.05) is 0 Å². The number of nitrogens with zero attached hydrogens (tertiary/aromatic N) is 2. The minimum Gasteiger partial charge on any atom is -0.399 e. The van der Waals surface area contributed by atoms with Crippen LogP contribution in [0.15, 0.2) is 24.3 Å². The standard InChI is InChI=1S/C15H24N4O2/c16-10-1-3-11(4-2-10)18-7-5-12(6-8-18)19-9-13(20)14(21)15(19)17/h1-4,12-15,20-21H,5-9,16-17H2. The molecule has 0 radical (unpaired) electrons. The third-order valence-corrected chi connectivity index (χ3v) is 4.72. The highest BCUT2D eigenvalue weighted by molar-refractivity contribution is 5.53. The van der Waals surface area contributed by atoms with Crippen LogP contribution in [-0.2, 0) is 0 Å². The topological polar surface area (TPSA) is 99.0 Å². The summed E-state index contributed by atoms with van der Waals surface area (Å²) in [6.07, 6.45) is -0.0435. The quantitative estimate of drug-likeness (QED) is 0.552. The molecule has 2 saturated heterocycles.